The van der Waals surface area contributed by atoms with Crippen LogP contribution in [-0.2, 0) is 4.79 Å². The number of primary amides is 1. The highest BCUT2D eigenvalue weighted by molar-refractivity contribution is 7.80. The van der Waals surface area contributed by atoms with Crippen LogP contribution in [-0.4, -0.2) is 28.5 Å². The molecule has 0 aliphatic carbocycles. The minimum Gasteiger partial charge on any atom is -0.389 e. The van der Waals surface area contributed by atoms with Crippen LogP contribution < -0.4 is 16.4 Å². The fraction of sp³-hybridized carbons (Fsp3) is 0.364. The van der Waals surface area contributed by atoms with Crippen molar-refractivity contribution < 1.29 is 4.79 Å². The molecule has 0 radical (unpaired) electrons. The predicted octanol–water partition coefficient (Wildman–Crippen LogP) is 0.416. The van der Waals surface area contributed by atoms with Crippen molar-refractivity contribution in [3.63, 3.8) is 0 Å². The molecular formula is C11H16N4OS. The Hall–Kier alpha value is -1.69. The molecule has 92 valence electrons. The lowest BCUT2D eigenvalue weighted by Crippen LogP contribution is -2.39. The van der Waals surface area contributed by atoms with Crippen molar-refractivity contribution in [3.8, 4) is 0 Å². The molecule has 0 saturated heterocycles. The van der Waals surface area contributed by atoms with Crippen molar-refractivity contribution in [2.45, 2.75) is 19.9 Å². The number of hydrogen-bond donors (Lipinski definition) is 2. The summed E-state index contributed by atoms with van der Waals surface area (Å²) in [5, 5.41) is 0. The lowest BCUT2D eigenvalue weighted by Gasteiger charge is -2.28. The largest absolute Gasteiger partial charge is 0.389 e. The van der Waals surface area contributed by atoms with Crippen LogP contribution in [0.5, 0.6) is 0 Å². The van der Waals surface area contributed by atoms with E-state index in [4.69, 9.17) is 23.7 Å². The number of aromatic nitrogens is 1. The Kier molecular flexibility index (Phi) is 4.39. The maximum absolute atomic E-state index is 11.1. The first-order valence-electron chi connectivity index (χ1n) is 5.22. The molecule has 1 rings (SSSR count). The zero-order valence-electron chi connectivity index (χ0n) is 9.88. The Morgan fingerprint density at radius 1 is 1.53 bits per heavy atom. The van der Waals surface area contributed by atoms with Gasteiger partial charge in [-0.2, -0.15) is 0 Å². The van der Waals surface area contributed by atoms with E-state index >= 15 is 0 Å². The SMILES string of the molecule is CC(C)N(CC(N)=O)c1cnccc1C(N)=S. The summed E-state index contributed by atoms with van der Waals surface area (Å²) < 4.78 is 0. The molecule has 6 heteroatoms. The summed E-state index contributed by atoms with van der Waals surface area (Å²) in [5.41, 5.74) is 12.3. The number of hydrogen-bond acceptors (Lipinski definition) is 4. The third-order valence-electron chi connectivity index (χ3n) is 2.32. The summed E-state index contributed by atoms with van der Waals surface area (Å²) in [4.78, 5) is 17.2. The van der Waals surface area contributed by atoms with Crippen molar-refractivity contribution in [2.75, 3.05) is 11.4 Å². The normalized spacial score (nSPS) is 10.3. The van der Waals surface area contributed by atoms with Crippen LogP contribution in [0.4, 0.5) is 5.69 Å². The second-order valence-electron chi connectivity index (χ2n) is 3.95. The molecule has 0 spiro atoms. The predicted molar refractivity (Wildman–Crippen MR) is 71.8 cm³/mol. The Morgan fingerprint density at radius 2 is 2.18 bits per heavy atom. The standard InChI is InChI=1S/C11H16N4OS/c1-7(2)15(6-10(12)16)9-5-14-4-3-8(9)11(13)17/h3-5,7H,6H2,1-2H3,(H2,12,16)(H2,13,17). The van der Waals surface area contributed by atoms with Gasteiger partial charge in [0.15, 0.2) is 0 Å². The van der Waals surface area contributed by atoms with Gasteiger partial charge in [-0.3, -0.25) is 9.78 Å². The molecule has 1 aromatic rings. The van der Waals surface area contributed by atoms with E-state index < -0.39 is 5.91 Å². The maximum Gasteiger partial charge on any atom is 0.236 e. The first-order chi connectivity index (χ1) is 7.93. The van der Waals surface area contributed by atoms with Crippen molar-refractivity contribution >= 4 is 28.8 Å². The van der Waals surface area contributed by atoms with Crippen LogP contribution in [0.2, 0.25) is 0 Å². The number of amides is 1. The van der Waals surface area contributed by atoms with E-state index in [1.54, 1.807) is 18.5 Å². The first kappa shape index (κ1) is 13.4. The molecule has 0 aromatic carbocycles. The van der Waals surface area contributed by atoms with Gasteiger partial charge in [0.1, 0.15) is 4.99 Å². The second kappa shape index (κ2) is 5.58. The summed E-state index contributed by atoms with van der Waals surface area (Å²) >= 11 is 4.98. The van der Waals surface area contributed by atoms with E-state index in [0.717, 1.165) is 5.69 Å². The zero-order valence-corrected chi connectivity index (χ0v) is 10.7. The molecular weight excluding hydrogens is 236 g/mol. The molecule has 0 unspecified atom stereocenters. The number of anilines is 1. The summed E-state index contributed by atoms with van der Waals surface area (Å²) in [5.74, 6) is -0.406. The summed E-state index contributed by atoms with van der Waals surface area (Å²) in [7, 11) is 0. The van der Waals surface area contributed by atoms with Gasteiger partial charge in [0.25, 0.3) is 0 Å². The van der Waals surface area contributed by atoms with Crippen LogP contribution in [0, 0.1) is 0 Å². The lowest BCUT2D eigenvalue weighted by molar-refractivity contribution is -0.116. The Morgan fingerprint density at radius 3 is 2.65 bits per heavy atom. The molecule has 0 bridgehead atoms. The highest BCUT2D eigenvalue weighted by Crippen LogP contribution is 2.20. The molecule has 0 saturated carbocycles. The average molecular weight is 252 g/mol. The number of nitrogens with two attached hydrogens (primary N) is 2. The number of pyridine rings is 1. The molecule has 0 aliphatic rings. The molecule has 4 N–H and O–H groups in total. The van der Waals surface area contributed by atoms with Gasteiger partial charge in [-0.25, -0.2) is 0 Å². The highest BCUT2D eigenvalue weighted by atomic mass is 32.1. The van der Waals surface area contributed by atoms with E-state index in [1.165, 1.54) is 0 Å². The van der Waals surface area contributed by atoms with E-state index in [1.807, 2.05) is 18.7 Å². The van der Waals surface area contributed by atoms with Crippen molar-refractivity contribution in [1.29, 1.82) is 0 Å². The van der Waals surface area contributed by atoms with E-state index in [2.05, 4.69) is 4.98 Å². The van der Waals surface area contributed by atoms with Crippen LogP contribution >= 0.6 is 12.2 Å². The quantitative estimate of drug-likeness (QED) is 0.742. The van der Waals surface area contributed by atoms with Gasteiger partial charge in [-0.15, -0.1) is 0 Å². The molecule has 5 nitrogen and oxygen atoms in total. The average Bonchev–Trinajstić information content (AvgIpc) is 2.25. The third kappa shape index (κ3) is 3.39. The van der Waals surface area contributed by atoms with Gasteiger partial charge in [0.2, 0.25) is 5.91 Å². The van der Waals surface area contributed by atoms with Crippen LogP contribution in [0.1, 0.15) is 19.4 Å². The second-order valence-corrected chi connectivity index (χ2v) is 4.38. The molecule has 0 atom stereocenters. The van der Waals surface area contributed by atoms with Gasteiger partial charge in [0, 0.05) is 17.8 Å². The number of thiocarbonyl (C=S) groups is 1. The third-order valence-corrected chi connectivity index (χ3v) is 2.54. The van der Waals surface area contributed by atoms with Crippen molar-refractivity contribution in [2.24, 2.45) is 11.5 Å². The van der Waals surface area contributed by atoms with Gasteiger partial charge in [-0.1, -0.05) is 12.2 Å². The fourth-order valence-corrected chi connectivity index (χ4v) is 1.71. The van der Waals surface area contributed by atoms with E-state index in [-0.39, 0.29) is 17.6 Å². The highest BCUT2D eigenvalue weighted by Gasteiger charge is 2.17. The van der Waals surface area contributed by atoms with Gasteiger partial charge >= 0.3 is 0 Å². The number of carbonyl (C=O) groups is 1. The molecule has 17 heavy (non-hydrogen) atoms. The topological polar surface area (TPSA) is 85.2 Å². The maximum atomic E-state index is 11.1. The minimum atomic E-state index is -0.406. The molecule has 1 aromatic heterocycles. The molecule has 1 amide bonds. The minimum absolute atomic E-state index is 0.0970. The molecule has 0 aliphatic heterocycles. The molecule has 0 fully saturated rings. The Bertz CT molecular complexity index is 433. The van der Waals surface area contributed by atoms with Crippen LogP contribution in [0.3, 0.4) is 0 Å². The Labute approximate surface area is 106 Å². The van der Waals surface area contributed by atoms with Crippen molar-refractivity contribution in [3.05, 3.63) is 24.0 Å². The van der Waals surface area contributed by atoms with E-state index in [9.17, 15) is 4.79 Å². The van der Waals surface area contributed by atoms with Crippen LogP contribution in [0.15, 0.2) is 18.5 Å². The van der Waals surface area contributed by atoms with Gasteiger partial charge in [0.05, 0.1) is 18.4 Å². The monoisotopic (exact) mass is 252 g/mol. The van der Waals surface area contributed by atoms with Crippen LogP contribution in [0.25, 0.3) is 0 Å². The van der Waals surface area contributed by atoms with E-state index in [0.29, 0.717) is 5.56 Å². The number of carbonyl (C=O) groups excluding carboxylic acids is 1. The number of nitrogens with zero attached hydrogens (tertiary/aromatic N) is 2. The lowest BCUT2D eigenvalue weighted by atomic mass is 10.1. The Balaban J connectivity index is 3.18. The molecule has 1 heterocycles. The smallest absolute Gasteiger partial charge is 0.236 e. The van der Waals surface area contributed by atoms with Gasteiger partial charge < -0.3 is 16.4 Å². The summed E-state index contributed by atoms with van der Waals surface area (Å²) in [6.07, 6.45) is 3.25. The summed E-state index contributed by atoms with van der Waals surface area (Å²) in [6.45, 7) is 4.03. The fourth-order valence-electron chi connectivity index (χ4n) is 1.54. The number of rotatable bonds is 5. The summed E-state index contributed by atoms with van der Waals surface area (Å²) in [6, 6.07) is 1.83. The zero-order chi connectivity index (χ0) is 13.0. The van der Waals surface area contributed by atoms with Crippen molar-refractivity contribution in [1.82, 2.24) is 4.98 Å². The first-order valence-corrected chi connectivity index (χ1v) is 5.63. The van der Waals surface area contributed by atoms with Gasteiger partial charge in [-0.05, 0) is 19.9 Å².